The lowest BCUT2D eigenvalue weighted by Gasteiger charge is -2.08. The molecule has 0 radical (unpaired) electrons. The summed E-state index contributed by atoms with van der Waals surface area (Å²) >= 11 is 0. The van der Waals surface area contributed by atoms with Crippen molar-refractivity contribution >= 4 is 23.5 Å². The minimum Gasteiger partial charge on any atom is -0.443 e. The number of ether oxygens (including phenoxy) is 1. The van der Waals surface area contributed by atoms with Crippen molar-refractivity contribution in [3.63, 3.8) is 0 Å². The Kier molecular flexibility index (Phi) is 7.44. The molecule has 2 heterocycles. The van der Waals surface area contributed by atoms with Crippen molar-refractivity contribution in [1.29, 1.82) is 0 Å². The first-order valence-electron chi connectivity index (χ1n) is 10.1. The van der Waals surface area contributed by atoms with E-state index in [0.29, 0.717) is 29.5 Å². The summed E-state index contributed by atoms with van der Waals surface area (Å²) in [5.41, 5.74) is 5.75. The first-order chi connectivity index (χ1) is 15.9. The van der Waals surface area contributed by atoms with Gasteiger partial charge >= 0.3 is 6.18 Å². The Labute approximate surface area is 188 Å². The topological polar surface area (TPSA) is 114 Å². The van der Waals surface area contributed by atoms with Gasteiger partial charge in [0.15, 0.2) is 5.82 Å². The molecule has 4 N–H and O–H groups in total. The number of alkyl halides is 3. The predicted octanol–water partition coefficient (Wildman–Crippen LogP) is 5.27. The number of nitrogens with zero attached hydrogens (tertiary/aromatic N) is 4. The van der Waals surface area contributed by atoms with E-state index in [1.165, 1.54) is 12.1 Å². The molecule has 0 atom stereocenters. The van der Waals surface area contributed by atoms with E-state index in [4.69, 9.17) is 10.5 Å². The third kappa shape index (κ3) is 6.42. The van der Waals surface area contributed by atoms with E-state index in [9.17, 15) is 13.2 Å². The van der Waals surface area contributed by atoms with Gasteiger partial charge in [-0.1, -0.05) is 38.1 Å². The second-order valence-electron chi connectivity index (χ2n) is 6.42. The number of H-pyrrole nitrogens is 1. The van der Waals surface area contributed by atoms with Crippen LogP contribution < -0.4 is 15.8 Å². The second-order valence-corrected chi connectivity index (χ2v) is 6.42. The molecule has 1 aromatic heterocycles. The number of nitrogens with two attached hydrogens (primary N) is 1. The molecule has 11 heteroatoms. The van der Waals surface area contributed by atoms with Gasteiger partial charge in [0.25, 0.3) is 0 Å². The van der Waals surface area contributed by atoms with Crippen molar-refractivity contribution < 1.29 is 17.9 Å². The molecule has 0 spiro atoms. The van der Waals surface area contributed by atoms with Gasteiger partial charge in [0.2, 0.25) is 17.8 Å². The van der Waals surface area contributed by atoms with E-state index in [1.807, 2.05) is 13.8 Å². The van der Waals surface area contributed by atoms with Crippen molar-refractivity contribution in [2.75, 3.05) is 5.32 Å². The molecule has 33 heavy (non-hydrogen) atoms. The Hall–Kier alpha value is -4.15. The maximum Gasteiger partial charge on any atom is 0.416 e. The zero-order chi connectivity index (χ0) is 23.8. The number of aromatic amines is 1. The third-order valence-corrected chi connectivity index (χ3v) is 4.12. The van der Waals surface area contributed by atoms with E-state index in [2.05, 4.69) is 30.5 Å². The number of guanidine groups is 1. The standard InChI is InChI=1S/C20H16F3N7O.C2H6/c21-20(22,23)13-5-2-6-14(11-13)26-19-28-17(29-30-19)12-4-1-7-15(10-12)31-16-8-3-9-25-18(24)27-16;1-2/h1-7,9-11H,8H2,(H2,24,25)(H2,26,28,29,30);1-2H3. The number of aromatic nitrogens is 3. The van der Waals surface area contributed by atoms with Crippen molar-refractivity contribution in [3.05, 3.63) is 66.4 Å². The van der Waals surface area contributed by atoms with Crippen LogP contribution in [0.5, 0.6) is 5.75 Å². The molecule has 3 aromatic rings. The fourth-order valence-electron chi connectivity index (χ4n) is 2.74. The number of hydrogen-bond donors (Lipinski definition) is 3. The van der Waals surface area contributed by atoms with E-state index >= 15 is 0 Å². The monoisotopic (exact) mass is 457 g/mol. The molecule has 0 saturated heterocycles. The van der Waals surface area contributed by atoms with E-state index in [0.717, 1.165) is 12.1 Å². The SMILES string of the molecule is CC.NC1=NC=CCC(Oc2cccc(-c3nc(Nc4cccc(C(F)(F)F)c4)n[nH]3)c2)=N1. The summed E-state index contributed by atoms with van der Waals surface area (Å²) in [6.07, 6.45) is -0.679. The largest absolute Gasteiger partial charge is 0.443 e. The molecule has 0 bridgehead atoms. The van der Waals surface area contributed by atoms with Crippen LogP contribution in [0.3, 0.4) is 0 Å². The van der Waals surface area contributed by atoms with E-state index in [1.54, 1.807) is 36.5 Å². The summed E-state index contributed by atoms with van der Waals surface area (Å²) in [7, 11) is 0. The van der Waals surface area contributed by atoms with Crippen LogP contribution in [0.2, 0.25) is 0 Å². The Morgan fingerprint density at radius 1 is 1.09 bits per heavy atom. The second kappa shape index (κ2) is 10.4. The summed E-state index contributed by atoms with van der Waals surface area (Å²) in [6, 6.07) is 11.8. The summed E-state index contributed by atoms with van der Waals surface area (Å²) in [4.78, 5) is 12.3. The smallest absolute Gasteiger partial charge is 0.416 e. The lowest BCUT2D eigenvalue weighted by atomic mass is 10.2. The fourth-order valence-corrected chi connectivity index (χ4v) is 2.74. The summed E-state index contributed by atoms with van der Waals surface area (Å²) in [5.74, 6) is 1.52. The van der Waals surface area contributed by atoms with Gasteiger partial charge in [0.1, 0.15) is 5.75 Å². The Balaban J connectivity index is 0.00000149. The molecular weight excluding hydrogens is 435 g/mol. The highest BCUT2D eigenvalue weighted by Crippen LogP contribution is 2.31. The molecule has 8 nitrogen and oxygen atoms in total. The normalized spacial score (nSPS) is 13.2. The summed E-state index contributed by atoms with van der Waals surface area (Å²) in [6.45, 7) is 4.00. The number of nitrogens with one attached hydrogen (secondary N) is 2. The zero-order valence-electron chi connectivity index (χ0n) is 17.9. The molecule has 0 saturated carbocycles. The van der Waals surface area contributed by atoms with Crippen LogP contribution in [0.4, 0.5) is 24.8 Å². The molecular formula is C22H22F3N7O. The van der Waals surface area contributed by atoms with Gasteiger partial charge in [0, 0.05) is 23.9 Å². The lowest BCUT2D eigenvalue weighted by Crippen LogP contribution is -2.14. The van der Waals surface area contributed by atoms with Crippen molar-refractivity contribution in [1.82, 2.24) is 15.2 Å². The zero-order valence-corrected chi connectivity index (χ0v) is 17.9. The molecule has 0 aliphatic carbocycles. The van der Waals surface area contributed by atoms with Crippen molar-refractivity contribution in [3.8, 4) is 17.1 Å². The van der Waals surface area contributed by atoms with Crippen LogP contribution >= 0.6 is 0 Å². The lowest BCUT2D eigenvalue weighted by molar-refractivity contribution is -0.137. The van der Waals surface area contributed by atoms with Gasteiger partial charge in [-0.3, -0.25) is 5.10 Å². The number of benzene rings is 2. The fraction of sp³-hybridized carbons (Fsp3) is 0.182. The average molecular weight is 457 g/mol. The molecule has 0 fully saturated rings. The van der Waals surface area contributed by atoms with E-state index in [-0.39, 0.29) is 17.6 Å². The Morgan fingerprint density at radius 3 is 2.67 bits per heavy atom. The van der Waals surface area contributed by atoms with Crippen LogP contribution in [-0.2, 0) is 6.18 Å². The number of halogens is 3. The minimum absolute atomic E-state index is 0.0976. The number of rotatable bonds is 4. The summed E-state index contributed by atoms with van der Waals surface area (Å²) in [5, 5.41) is 9.53. The highest BCUT2D eigenvalue weighted by atomic mass is 19.4. The molecule has 0 unspecified atom stereocenters. The van der Waals surface area contributed by atoms with E-state index < -0.39 is 11.7 Å². The van der Waals surface area contributed by atoms with Crippen LogP contribution in [0, 0.1) is 0 Å². The van der Waals surface area contributed by atoms with Gasteiger partial charge in [-0.15, -0.1) is 5.10 Å². The molecule has 1 aliphatic rings. The number of hydrogen-bond acceptors (Lipinski definition) is 7. The van der Waals surface area contributed by atoms with Gasteiger partial charge < -0.3 is 15.8 Å². The quantitative estimate of drug-likeness (QED) is 0.494. The molecule has 172 valence electrons. The van der Waals surface area contributed by atoms with Gasteiger partial charge in [0.05, 0.1) is 5.56 Å². The molecule has 0 amide bonds. The number of aliphatic imine (C=N–C) groups is 2. The highest BCUT2D eigenvalue weighted by molar-refractivity contribution is 5.95. The van der Waals surface area contributed by atoms with Gasteiger partial charge in [-0.2, -0.15) is 23.1 Å². The van der Waals surface area contributed by atoms with Crippen LogP contribution in [0.15, 0.2) is 70.8 Å². The maximum atomic E-state index is 12.9. The Morgan fingerprint density at radius 2 is 1.88 bits per heavy atom. The number of anilines is 2. The molecule has 1 aliphatic heterocycles. The van der Waals surface area contributed by atoms with Gasteiger partial charge in [-0.25, -0.2) is 4.99 Å². The first kappa shape index (κ1) is 23.5. The molecule has 4 rings (SSSR count). The van der Waals surface area contributed by atoms with Crippen molar-refractivity contribution in [2.45, 2.75) is 26.4 Å². The minimum atomic E-state index is -4.43. The maximum absolute atomic E-state index is 12.9. The van der Waals surface area contributed by atoms with Crippen LogP contribution in [0.1, 0.15) is 25.8 Å². The third-order valence-electron chi connectivity index (χ3n) is 4.12. The first-order valence-corrected chi connectivity index (χ1v) is 10.1. The molecule has 2 aromatic carbocycles. The average Bonchev–Trinajstić information content (AvgIpc) is 3.16. The van der Waals surface area contributed by atoms with Crippen LogP contribution in [0.25, 0.3) is 11.4 Å². The highest BCUT2D eigenvalue weighted by Gasteiger charge is 2.30. The summed E-state index contributed by atoms with van der Waals surface area (Å²) < 4.78 is 44.4. The predicted molar refractivity (Wildman–Crippen MR) is 121 cm³/mol. The Bertz CT molecular complexity index is 1180. The van der Waals surface area contributed by atoms with Crippen molar-refractivity contribution in [2.24, 2.45) is 15.7 Å². The van der Waals surface area contributed by atoms with Gasteiger partial charge in [-0.05, 0) is 30.3 Å². The van der Waals surface area contributed by atoms with Crippen LogP contribution in [-0.4, -0.2) is 27.0 Å².